The molecule has 0 saturated heterocycles. The van der Waals surface area contributed by atoms with E-state index in [2.05, 4.69) is 5.32 Å². The van der Waals surface area contributed by atoms with Crippen molar-refractivity contribution >= 4 is 0 Å². The fourth-order valence-electron chi connectivity index (χ4n) is 1.94. The Balaban J connectivity index is 2.71. The van der Waals surface area contributed by atoms with E-state index in [-0.39, 0.29) is 18.7 Å². The second-order valence-electron chi connectivity index (χ2n) is 4.79. The molecule has 0 saturated carbocycles. The van der Waals surface area contributed by atoms with Gasteiger partial charge >= 0.3 is 0 Å². The number of rotatable bonds is 7. The lowest BCUT2D eigenvalue weighted by Crippen LogP contribution is -2.34. The first kappa shape index (κ1) is 16.0. The molecule has 0 spiro atoms. The second kappa shape index (κ2) is 7.53. The molecule has 19 heavy (non-hydrogen) atoms. The smallest absolute Gasteiger partial charge is 0.163 e. The number of nitrogens with one attached hydrogen (secondary N) is 1. The van der Waals surface area contributed by atoms with Crippen LogP contribution in [0.25, 0.3) is 0 Å². The summed E-state index contributed by atoms with van der Waals surface area (Å²) in [6.07, 6.45) is 0.637. The maximum atomic E-state index is 13.7. The third kappa shape index (κ3) is 4.23. The zero-order valence-corrected chi connectivity index (χ0v) is 11.7. The van der Waals surface area contributed by atoms with Gasteiger partial charge < -0.3 is 15.3 Å². The zero-order chi connectivity index (χ0) is 14.4. The average molecular weight is 272 g/mol. The predicted octanol–water partition coefficient (Wildman–Crippen LogP) is 1.93. The van der Waals surface area contributed by atoms with Gasteiger partial charge in [-0.05, 0) is 33.5 Å². The van der Waals surface area contributed by atoms with E-state index in [0.717, 1.165) is 6.07 Å². The molecule has 1 aromatic carbocycles. The minimum absolute atomic E-state index is 0.0508. The summed E-state index contributed by atoms with van der Waals surface area (Å²) in [5.74, 6) is -1.62. The fourth-order valence-corrected chi connectivity index (χ4v) is 1.94. The number of nitrogens with zero attached hydrogens (tertiary/aromatic N) is 1. The Kier molecular flexibility index (Phi) is 6.34. The number of hydrogen-bond acceptors (Lipinski definition) is 3. The summed E-state index contributed by atoms with van der Waals surface area (Å²) in [7, 11) is 3.63. The molecule has 0 aliphatic heterocycles. The van der Waals surface area contributed by atoms with Crippen molar-refractivity contribution in [2.24, 2.45) is 0 Å². The first-order chi connectivity index (χ1) is 9.01. The third-order valence-corrected chi connectivity index (χ3v) is 3.49. The highest BCUT2D eigenvalue weighted by molar-refractivity contribution is 5.22. The Hall–Kier alpha value is -1.04. The van der Waals surface area contributed by atoms with Gasteiger partial charge in [0.2, 0.25) is 0 Å². The minimum Gasteiger partial charge on any atom is -0.395 e. The van der Waals surface area contributed by atoms with Gasteiger partial charge in [-0.1, -0.05) is 12.1 Å². The van der Waals surface area contributed by atoms with Crippen molar-refractivity contribution in [3.8, 4) is 0 Å². The molecular weight excluding hydrogens is 250 g/mol. The second-order valence-corrected chi connectivity index (χ2v) is 4.79. The van der Waals surface area contributed by atoms with Gasteiger partial charge in [0.05, 0.1) is 6.61 Å². The van der Waals surface area contributed by atoms with Gasteiger partial charge in [-0.3, -0.25) is 0 Å². The summed E-state index contributed by atoms with van der Waals surface area (Å²) < 4.78 is 26.9. The number of hydrogen-bond donors (Lipinski definition) is 2. The molecule has 0 heterocycles. The standard InChI is InChI=1S/C14H22F2N2O/c1-10(9-19)18(3)8-7-13(17-2)11-5-4-6-12(15)14(11)16/h4-6,10,13,17,19H,7-9H2,1-3H3. The quantitative estimate of drug-likeness (QED) is 0.796. The molecule has 108 valence electrons. The molecule has 0 fully saturated rings. The van der Waals surface area contributed by atoms with Crippen molar-refractivity contribution in [2.45, 2.75) is 25.4 Å². The van der Waals surface area contributed by atoms with E-state index in [1.807, 2.05) is 18.9 Å². The van der Waals surface area contributed by atoms with E-state index >= 15 is 0 Å². The van der Waals surface area contributed by atoms with E-state index in [0.29, 0.717) is 18.5 Å². The first-order valence-electron chi connectivity index (χ1n) is 6.43. The number of likely N-dealkylation sites (N-methyl/N-ethyl adjacent to an activating group) is 1. The Morgan fingerprint density at radius 2 is 2.05 bits per heavy atom. The highest BCUT2D eigenvalue weighted by Gasteiger charge is 2.18. The predicted molar refractivity (Wildman–Crippen MR) is 72.0 cm³/mol. The molecule has 1 rings (SSSR count). The van der Waals surface area contributed by atoms with Gasteiger partial charge in [-0.15, -0.1) is 0 Å². The fraction of sp³-hybridized carbons (Fsp3) is 0.571. The topological polar surface area (TPSA) is 35.5 Å². The zero-order valence-electron chi connectivity index (χ0n) is 11.7. The number of halogens is 2. The molecule has 0 aliphatic carbocycles. The van der Waals surface area contributed by atoms with Crippen molar-refractivity contribution < 1.29 is 13.9 Å². The maximum Gasteiger partial charge on any atom is 0.163 e. The van der Waals surface area contributed by atoms with Crippen molar-refractivity contribution in [3.05, 3.63) is 35.4 Å². The highest BCUT2D eigenvalue weighted by atomic mass is 19.2. The van der Waals surface area contributed by atoms with Crippen LogP contribution in [-0.4, -0.2) is 43.3 Å². The Morgan fingerprint density at radius 3 is 2.63 bits per heavy atom. The van der Waals surface area contributed by atoms with Crippen LogP contribution in [0.1, 0.15) is 24.9 Å². The molecule has 0 bridgehead atoms. The Labute approximate surface area is 113 Å². The van der Waals surface area contributed by atoms with E-state index in [1.54, 1.807) is 13.1 Å². The SMILES string of the molecule is CNC(CCN(C)C(C)CO)c1cccc(F)c1F. The van der Waals surface area contributed by atoms with Gasteiger partial charge in [-0.2, -0.15) is 0 Å². The van der Waals surface area contributed by atoms with Crippen molar-refractivity contribution in [1.29, 1.82) is 0 Å². The van der Waals surface area contributed by atoms with Crippen LogP contribution in [0.3, 0.4) is 0 Å². The molecule has 5 heteroatoms. The molecule has 3 nitrogen and oxygen atoms in total. The summed E-state index contributed by atoms with van der Waals surface area (Å²) in [6, 6.07) is 4.03. The highest BCUT2D eigenvalue weighted by Crippen LogP contribution is 2.22. The molecule has 0 aromatic heterocycles. The molecule has 0 aliphatic rings. The van der Waals surface area contributed by atoms with Gasteiger partial charge in [0, 0.05) is 24.2 Å². The molecule has 2 unspecified atom stereocenters. The first-order valence-corrected chi connectivity index (χ1v) is 6.43. The lowest BCUT2D eigenvalue weighted by Gasteiger charge is -2.25. The maximum absolute atomic E-state index is 13.7. The number of aliphatic hydroxyl groups excluding tert-OH is 1. The van der Waals surface area contributed by atoms with Crippen LogP contribution >= 0.6 is 0 Å². The molecular formula is C14H22F2N2O. The molecule has 0 amide bonds. The molecule has 1 aromatic rings. The summed E-state index contributed by atoms with van der Waals surface area (Å²) >= 11 is 0. The molecule has 2 N–H and O–H groups in total. The van der Waals surface area contributed by atoms with Crippen LogP contribution in [0.5, 0.6) is 0 Å². The Morgan fingerprint density at radius 1 is 1.37 bits per heavy atom. The van der Waals surface area contributed by atoms with E-state index in [4.69, 9.17) is 5.11 Å². The van der Waals surface area contributed by atoms with E-state index in [1.165, 1.54) is 6.07 Å². The molecule has 2 atom stereocenters. The van der Waals surface area contributed by atoms with Crippen LogP contribution in [0, 0.1) is 11.6 Å². The van der Waals surface area contributed by atoms with Crippen molar-refractivity contribution in [2.75, 3.05) is 27.2 Å². The van der Waals surface area contributed by atoms with Crippen LogP contribution in [0.15, 0.2) is 18.2 Å². The van der Waals surface area contributed by atoms with Crippen molar-refractivity contribution in [3.63, 3.8) is 0 Å². The van der Waals surface area contributed by atoms with Crippen LogP contribution < -0.4 is 5.32 Å². The number of aliphatic hydroxyl groups is 1. The van der Waals surface area contributed by atoms with Gasteiger partial charge in [-0.25, -0.2) is 8.78 Å². The van der Waals surface area contributed by atoms with Crippen LogP contribution in [0.4, 0.5) is 8.78 Å². The van der Waals surface area contributed by atoms with E-state index in [9.17, 15) is 8.78 Å². The van der Waals surface area contributed by atoms with Crippen molar-refractivity contribution in [1.82, 2.24) is 10.2 Å². The monoisotopic (exact) mass is 272 g/mol. The van der Waals surface area contributed by atoms with Gasteiger partial charge in [0.25, 0.3) is 0 Å². The summed E-state index contributed by atoms with van der Waals surface area (Å²) in [5.41, 5.74) is 0.340. The lowest BCUT2D eigenvalue weighted by molar-refractivity contribution is 0.154. The van der Waals surface area contributed by atoms with Gasteiger partial charge in [0.1, 0.15) is 0 Å². The van der Waals surface area contributed by atoms with Gasteiger partial charge in [0.15, 0.2) is 11.6 Å². The van der Waals surface area contributed by atoms with E-state index < -0.39 is 11.6 Å². The molecule has 0 radical (unpaired) electrons. The lowest BCUT2D eigenvalue weighted by atomic mass is 10.0. The summed E-state index contributed by atoms with van der Waals surface area (Å²) in [4.78, 5) is 1.99. The average Bonchev–Trinajstić information content (AvgIpc) is 2.42. The van der Waals surface area contributed by atoms with Crippen LogP contribution in [0.2, 0.25) is 0 Å². The summed E-state index contributed by atoms with van der Waals surface area (Å²) in [5, 5.41) is 12.1. The summed E-state index contributed by atoms with van der Waals surface area (Å²) in [6.45, 7) is 2.68. The third-order valence-electron chi connectivity index (χ3n) is 3.49. The number of benzene rings is 1. The Bertz CT molecular complexity index is 401. The largest absolute Gasteiger partial charge is 0.395 e. The minimum atomic E-state index is -0.824. The van der Waals surface area contributed by atoms with Crippen LogP contribution in [-0.2, 0) is 0 Å². The normalized spacial score (nSPS) is 14.7.